The quantitative estimate of drug-likeness (QED) is 0.767. The van der Waals surface area contributed by atoms with Crippen LogP contribution in [0.2, 0.25) is 0 Å². The van der Waals surface area contributed by atoms with E-state index in [0.717, 1.165) is 11.4 Å². The molecule has 0 bridgehead atoms. The molecule has 0 saturated heterocycles. The van der Waals surface area contributed by atoms with Crippen molar-refractivity contribution in [2.24, 2.45) is 0 Å². The number of pyridine rings is 1. The molecular formula is C12H16N2O2. The van der Waals surface area contributed by atoms with E-state index in [9.17, 15) is 4.79 Å². The maximum absolute atomic E-state index is 11.0. The van der Waals surface area contributed by atoms with E-state index in [0.29, 0.717) is 6.54 Å². The van der Waals surface area contributed by atoms with E-state index < -0.39 is 6.61 Å². The van der Waals surface area contributed by atoms with Gasteiger partial charge in [-0.25, -0.2) is 0 Å². The zero-order valence-corrected chi connectivity index (χ0v) is 9.39. The van der Waals surface area contributed by atoms with E-state index in [-0.39, 0.29) is 12.3 Å². The third kappa shape index (κ3) is 3.92. The summed E-state index contributed by atoms with van der Waals surface area (Å²) in [6.07, 6.45) is 1.68. The van der Waals surface area contributed by atoms with Gasteiger partial charge in [0.2, 0.25) is 0 Å². The monoisotopic (exact) mass is 220 g/mol. The predicted octanol–water partition coefficient (Wildman–Crippen LogP) is 0.718. The maximum Gasteiger partial charge on any atom is 0.172 e. The first kappa shape index (κ1) is 12.5. The lowest BCUT2D eigenvalue weighted by atomic mass is 10.3. The number of aromatic nitrogens is 1. The Bertz CT molecular complexity index is 377. The molecule has 4 nitrogen and oxygen atoms in total. The van der Waals surface area contributed by atoms with Crippen molar-refractivity contribution in [1.29, 1.82) is 0 Å². The summed E-state index contributed by atoms with van der Waals surface area (Å²) in [5.41, 5.74) is 1.70. The average Bonchev–Trinajstić information content (AvgIpc) is 2.28. The molecule has 1 aromatic heterocycles. The number of rotatable bonds is 6. The zero-order valence-electron chi connectivity index (χ0n) is 9.39. The van der Waals surface area contributed by atoms with Crippen molar-refractivity contribution in [3.05, 3.63) is 36.2 Å². The van der Waals surface area contributed by atoms with Crippen molar-refractivity contribution in [2.45, 2.75) is 6.54 Å². The highest BCUT2D eigenvalue weighted by atomic mass is 16.3. The van der Waals surface area contributed by atoms with Crippen molar-refractivity contribution in [1.82, 2.24) is 9.88 Å². The molecule has 1 aromatic rings. The number of aliphatic hydroxyl groups excluding tert-OH is 1. The van der Waals surface area contributed by atoms with Crippen molar-refractivity contribution >= 4 is 11.9 Å². The molecular weight excluding hydrogens is 204 g/mol. The molecule has 0 atom stereocenters. The van der Waals surface area contributed by atoms with Gasteiger partial charge in [0, 0.05) is 6.54 Å². The van der Waals surface area contributed by atoms with E-state index in [2.05, 4.69) is 11.6 Å². The Balaban J connectivity index is 2.58. The fourth-order valence-corrected chi connectivity index (χ4v) is 1.38. The minimum atomic E-state index is -0.412. The van der Waals surface area contributed by atoms with E-state index in [1.54, 1.807) is 6.08 Å². The molecule has 16 heavy (non-hydrogen) atoms. The molecule has 0 aliphatic carbocycles. The summed E-state index contributed by atoms with van der Waals surface area (Å²) in [6, 6.07) is 5.67. The van der Waals surface area contributed by atoms with Crippen LogP contribution in [0, 0.1) is 0 Å². The van der Waals surface area contributed by atoms with Gasteiger partial charge in [0.15, 0.2) is 5.78 Å². The lowest BCUT2D eigenvalue weighted by molar-refractivity contribution is -0.122. The van der Waals surface area contributed by atoms with Crippen LogP contribution < -0.4 is 0 Å². The maximum atomic E-state index is 11.0. The van der Waals surface area contributed by atoms with Crippen molar-refractivity contribution in [2.75, 3.05) is 20.2 Å². The molecule has 1 rings (SSSR count). The lowest BCUT2D eigenvalue weighted by Crippen LogP contribution is -2.27. The Morgan fingerprint density at radius 2 is 2.38 bits per heavy atom. The van der Waals surface area contributed by atoms with Gasteiger partial charge in [0.1, 0.15) is 6.61 Å². The second kappa shape index (κ2) is 6.15. The molecule has 0 radical (unpaired) electrons. The summed E-state index contributed by atoms with van der Waals surface area (Å²) in [4.78, 5) is 17.2. The van der Waals surface area contributed by atoms with Gasteiger partial charge in [-0.1, -0.05) is 12.6 Å². The highest BCUT2D eigenvalue weighted by Gasteiger charge is 2.06. The van der Waals surface area contributed by atoms with Crippen LogP contribution in [-0.4, -0.2) is 41.0 Å². The fourth-order valence-electron chi connectivity index (χ4n) is 1.38. The van der Waals surface area contributed by atoms with E-state index in [1.807, 2.05) is 30.1 Å². The van der Waals surface area contributed by atoms with Gasteiger partial charge in [-0.05, 0) is 25.3 Å². The molecule has 1 heterocycles. The summed E-state index contributed by atoms with van der Waals surface area (Å²) in [7, 11) is 1.82. The number of ketones is 1. The SMILES string of the molecule is C=Cc1cccc(CN(C)CC(=O)CO)n1. The van der Waals surface area contributed by atoms with Crippen molar-refractivity contribution in [3.8, 4) is 0 Å². The first-order chi connectivity index (χ1) is 7.65. The number of carbonyl (C=O) groups is 1. The smallest absolute Gasteiger partial charge is 0.172 e. The topological polar surface area (TPSA) is 53.4 Å². The summed E-state index contributed by atoms with van der Waals surface area (Å²) < 4.78 is 0. The third-order valence-electron chi connectivity index (χ3n) is 2.09. The van der Waals surface area contributed by atoms with Crippen LogP contribution in [0.1, 0.15) is 11.4 Å². The standard InChI is InChI=1S/C12H16N2O2/c1-3-10-5-4-6-11(13-10)7-14(2)8-12(16)9-15/h3-6,15H,1,7-9H2,2H3. The van der Waals surface area contributed by atoms with E-state index in [4.69, 9.17) is 5.11 Å². The van der Waals surface area contributed by atoms with Gasteiger partial charge in [0.05, 0.1) is 17.9 Å². The average molecular weight is 220 g/mol. The molecule has 0 fully saturated rings. The molecule has 0 amide bonds. The van der Waals surface area contributed by atoms with Crippen LogP contribution in [0.5, 0.6) is 0 Å². The van der Waals surface area contributed by atoms with Crippen LogP contribution in [0.3, 0.4) is 0 Å². The van der Waals surface area contributed by atoms with Gasteiger partial charge < -0.3 is 5.11 Å². The van der Waals surface area contributed by atoms with Crippen LogP contribution in [-0.2, 0) is 11.3 Å². The third-order valence-corrected chi connectivity index (χ3v) is 2.09. The van der Waals surface area contributed by atoms with Crippen molar-refractivity contribution < 1.29 is 9.90 Å². The molecule has 0 unspecified atom stereocenters. The van der Waals surface area contributed by atoms with E-state index >= 15 is 0 Å². The number of likely N-dealkylation sites (N-methyl/N-ethyl adjacent to an activating group) is 1. The molecule has 0 saturated carbocycles. The van der Waals surface area contributed by atoms with Crippen LogP contribution in [0.15, 0.2) is 24.8 Å². The van der Waals surface area contributed by atoms with Crippen LogP contribution in [0.4, 0.5) is 0 Å². The number of hydrogen-bond donors (Lipinski definition) is 1. The highest BCUT2D eigenvalue weighted by Crippen LogP contribution is 2.03. The Labute approximate surface area is 95.2 Å². The van der Waals surface area contributed by atoms with E-state index in [1.165, 1.54) is 0 Å². The fraction of sp³-hybridized carbons (Fsp3) is 0.333. The molecule has 0 aromatic carbocycles. The summed E-state index contributed by atoms with van der Waals surface area (Å²) in [5, 5.41) is 8.63. The predicted molar refractivity (Wildman–Crippen MR) is 62.8 cm³/mol. The number of nitrogens with zero attached hydrogens (tertiary/aromatic N) is 2. The Kier molecular flexibility index (Phi) is 4.82. The molecule has 86 valence electrons. The normalized spacial score (nSPS) is 10.4. The Morgan fingerprint density at radius 3 is 3.00 bits per heavy atom. The number of hydrogen-bond acceptors (Lipinski definition) is 4. The second-order valence-electron chi connectivity index (χ2n) is 3.63. The second-order valence-corrected chi connectivity index (χ2v) is 3.63. The van der Waals surface area contributed by atoms with Gasteiger partial charge in [0.25, 0.3) is 0 Å². The summed E-state index contributed by atoms with van der Waals surface area (Å²) in [6.45, 7) is 4.05. The highest BCUT2D eigenvalue weighted by molar-refractivity contribution is 5.81. The van der Waals surface area contributed by atoms with Crippen LogP contribution in [0.25, 0.3) is 6.08 Å². The largest absolute Gasteiger partial charge is 0.389 e. The number of Topliss-reactive ketones (excluding diaryl/α,β-unsaturated/α-hetero) is 1. The number of carbonyl (C=O) groups excluding carboxylic acids is 1. The van der Waals surface area contributed by atoms with Gasteiger partial charge in [-0.3, -0.25) is 14.7 Å². The minimum Gasteiger partial charge on any atom is -0.389 e. The van der Waals surface area contributed by atoms with Gasteiger partial charge in [-0.15, -0.1) is 0 Å². The lowest BCUT2D eigenvalue weighted by Gasteiger charge is -2.14. The molecule has 0 aliphatic rings. The number of aliphatic hydroxyl groups is 1. The Morgan fingerprint density at radius 1 is 1.62 bits per heavy atom. The molecule has 1 N–H and O–H groups in total. The van der Waals surface area contributed by atoms with Crippen molar-refractivity contribution in [3.63, 3.8) is 0 Å². The summed E-state index contributed by atoms with van der Waals surface area (Å²) >= 11 is 0. The molecule has 4 heteroatoms. The van der Waals surface area contributed by atoms with Crippen LogP contribution >= 0.6 is 0 Å². The summed E-state index contributed by atoms with van der Waals surface area (Å²) in [5.74, 6) is -0.192. The Hall–Kier alpha value is -1.52. The van der Waals surface area contributed by atoms with Gasteiger partial charge >= 0.3 is 0 Å². The first-order valence-corrected chi connectivity index (χ1v) is 5.05. The first-order valence-electron chi connectivity index (χ1n) is 5.05. The molecule has 0 aliphatic heterocycles. The zero-order chi connectivity index (χ0) is 12.0. The molecule has 0 spiro atoms. The van der Waals surface area contributed by atoms with Gasteiger partial charge in [-0.2, -0.15) is 0 Å². The minimum absolute atomic E-state index is 0.192.